The second kappa shape index (κ2) is 6.78. The third kappa shape index (κ3) is 3.98. The predicted molar refractivity (Wildman–Crippen MR) is 78.2 cm³/mol. The van der Waals surface area contributed by atoms with Crippen LogP contribution in [0.3, 0.4) is 0 Å². The average Bonchev–Trinajstić information content (AvgIpc) is 2.47. The summed E-state index contributed by atoms with van der Waals surface area (Å²) in [6.45, 7) is 2.95. The van der Waals surface area contributed by atoms with Crippen LogP contribution in [0.4, 0.5) is 0 Å². The van der Waals surface area contributed by atoms with Crippen molar-refractivity contribution in [2.24, 2.45) is 5.92 Å². The average molecular weight is 250 g/mol. The van der Waals surface area contributed by atoms with Gasteiger partial charge >= 0.3 is 0 Å². The molecule has 0 atom stereocenters. The van der Waals surface area contributed by atoms with Gasteiger partial charge in [0, 0.05) is 0 Å². The number of piperidine rings is 1. The van der Waals surface area contributed by atoms with Crippen LogP contribution in [-0.2, 0) is 0 Å². The minimum absolute atomic E-state index is 0.643. The molecule has 1 heterocycles. The van der Waals surface area contributed by atoms with Crippen molar-refractivity contribution in [1.82, 2.24) is 4.90 Å². The zero-order valence-electron chi connectivity index (χ0n) is 11.0. The first kappa shape index (κ1) is 13.4. The van der Waals surface area contributed by atoms with E-state index in [-0.39, 0.29) is 0 Å². The second-order valence-electron chi connectivity index (χ2n) is 4.91. The van der Waals surface area contributed by atoms with Crippen LogP contribution < -0.4 is 0 Å². The van der Waals surface area contributed by atoms with Crippen molar-refractivity contribution in [3.63, 3.8) is 0 Å². The van der Waals surface area contributed by atoms with E-state index < -0.39 is 0 Å². The van der Waals surface area contributed by atoms with Crippen LogP contribution in [-0.4, -0.2) is 24.5 Å². The van der Waals surface area contributed by atoms with E-state index in [1.807, 2.05) is 24.3 Å². The maximum atomic E-state index is 8.74. The largest absolute Gasteiger partial charge is 0.292 e. The molecule has 0 spiro atoms. The van der Waals surface area contributed by atoms with Crippen LogP contribution in [0.25, 0.3) is 6.08 Å². The minimum atomic E-state index is 0.643. The molecule has 1 aliphatic heterocycles. The van der Waals surface area contributed by atoms with Gasteiger partial charge in [-0.15, -0.1) is 6.42 Å². The number of benzene rings is 1. The smallest absolute Gasteiger partial charge is 0.0991 e. The third-order valence-electron chi connectivity index (χ3n) is 3.55. The van der Waals surface area contributed by atoms with Gasteiger partial charge in [-0.1, -0.05) is 30.2 Å². The van der Waals surface area contributed by atoms with Gasteiger partial charge < -0.3 is 0 Å². The molecule has 0 aromatic heterocycles. The molecular formula is C17H18N2. The Morgan fingerprint density at radius 3 is 2.53 bits per heavy atom. The summed E-state index contributed by atoms with van der Waals surface area (Å²) in [5.41, 5.74) is 1.87. The number of nitriles is 1. The highest BCUT2D eigenvalue weighted by Gasteiger charge is 2.15. The lowest BCUT2D eigenvalue weighted by Gasteiger charge is -2.28. The summed E-state index contributed by atoms with van der Waals surface area (Å²) in [6.07, 6.45) is 12.1. The summed E-state index contributed by atoms with van der Waals surface area (Å²) in [5, 5.41) is 8.74. The Kier molecular flexibility index (Phi) is 4.78. The fourth-order valence-corrected chi connectivity index (χ4v) is 2.35. The predicted octanol–water partition coefficient (Wildman–Crippen LogP) is 2.92. The van der Waals surface area contributed by atoms with Crippen LogP contribution in [0.15, 0.2) is 30.3 Å². The monoisotopic (exact) mass is 250 g/mol. The summed E-state index contributed by atoms with van der Waals surface area (Å²) >= 11 is 0. The fourth-order valence-electron chi connectivity index (χ4n) is 2.35. The normalized spacial score (nSPS) is 17.2. The zero-order valence-corrected chi connectivity index (χ0v) is 11.0. The van der Waals surface area contributed by atoms with E-state index in [2.05, 4.69) is 29.0 Å². The maximum Gasteiger partial charge on any atom is 0.0991 e. The van der Waals surface area contributed by atoms with Crippen molar-refractivity contribution >= 4 is 6.08 Å². The van der Waals surface area contributed by atoms with Gasteiger partial charge in [0.25, 0.3) is 0 Å². The Balaban J connectivity index is 1.86. The molecule has 19 heavy (non-hydrogen) atoms. The van der Waals surface area contributed by atoms with Crippen molar-refractivity contribution in [2.45, 2.75) is 12.8 Å². The van der Waals surface area contributed by atoms with Crippen LogP contribution >= 0.6 is 0 Å². The van der Waals surface area contributed by atoms with E-state index in [0.717, 1.165) is 25.2 Å². The first-order chi connectivity index (χ1) is 9.31. The number of allylic oxidation sites excluding steroid dienone is 1. The number of likely N-dealkylation sites (tertiary alicyclic amines) is 1. The van der Waals surface area contributed by atoms with Crippen LogP contribution in [0.2, 0.25) is 0 Å². The van der Waals surface area contributed by atoms with Crippen molar-refractivity contribution in [2.75, 3.05) is 19.6 Å². The molecule has 1 aromatic carbocycles. The molecule has 0 aliphatic carbocycles. The van der Waals surface area contributed by atoms with Gasteiger partial charge in [0.05, 0.1) is 18.2 Å². The number of hydrogen-bond donors (Lipinski definition) is 0. The Bertz CT molecular complexity index is 506. The summed E-state index contributed by atoms with van der Waals surface area (Å²) in [6, 6.07) is 9.82. The molecule has 0 bridgehead atoms. The molecule has 1 aliphatic rings. The quantitative estimate of drug-likeness (QED) is 0.771. The van der Waals surface area contributed by atoms with Crippen LogP contribution in [0.5, 0.6) is 0 Å². The van der Waals surface area contributed by atoms with Crippen molar-refractivity contribution in [3.05, 3.63) is 41.5 Å². The lowest BCUT2D eigenvalue weighted by molar-refractivity contribution is 0.226. The standard InChI is InChI=1S/C17H18N2/c1-2-11-19-12-9-16(10-13-19)4-3-15-5-7-17(14-18)8-6-15/h1,3-8,16H,9-13H2/b4-3+. The molecule has 1 fully saturated rings. The number of terminal acetylenes is 1. The second-order valence-corrected chi connectivity index (χ2v) is 4.91. The molecular weight excluding hydrogens is 232 g/mol. The summed E-state index contributed by atoms with van der Waals surface area (Å²) in [4.78, 5) is 2.33. The number of rotatable bonds is 3. The van der Waals surface area contributed by atoms with E-state index >= 15 is 0 Å². The Morgan fingerprint density at radius 2 is 1.95 bits per heavy atom. The van der Waals surface area contributed by atoms with Gasteiger partial charge in [-0.25, -0.2) is 0 Å². The first-order valence-corrected chi connectivity index (χ1v) is 6.66. The van der Waals surface area contributed by atoms with Crippen molar-refractivity contribution < 1.29 is 0 Å². The zero-order chi connectivity index (χ0) is 13.5. The molecule has 2 nitrogen and oxygen atoms in total. The molecule has 2 heteroatoms. The van der Waals surface area contributed by atoms with Gasteiger partial charge in [0.15, 0.2) is 0 Å². The van der Waals surface area contributed by atoms with Crippen molar-refractivity contribution in [1.29, 1.82) is 5.26 Å². The molecule has 0 unspecified atom stereocenters. The Hall–Kier alpha value is -2.03. The molecule has 1 saturated heterocycles. The topological polar surface area (TPSA) is 27.0 Å². The molecule has 1 aromatic rings. The van der Waals surface area contributed by atoms with E-state index in [9.17, 15) is 0 Å². The third-order valence-corrected chi connectivity index (χ3v) is 3.55. The molecule has 0 saturated carbocycles. The van der Waals surface area contributed by atoms with Crippen LogP contribution in [0.1, 0.15) is 24.0 Å². The molecule has 96 valence electrons. The van der Waals surface area contributed by atoms with Crippen LogP contribution in [0, 0.1) is 29.6 Å². The lowest BCUT2D eigenvalue weighted by atomic mass is 9.95. The number of hydrogen-bond acceptors (Lipinski definition) is 2. The van der Waals surface area contributed by atoms with E-state index in [0.29, 0.717) is 11.5 Å². The van der Waals surface area contributed by atoms with Gasteiger partial charge in [0.1, 0.15) is 0 Å². The summed E-state index contributed by atoms with van der Waals surface area (Å²) < 4.78 is 0. The highest BCUT2D eigenvalue weighted by atomic mass is 15.1. The summed E-state index contributed by atoms with van der Waals surface area (Å²) in [5.74, 6) is 3.35. The highest BCUT2D eigenvalue weighted by molar-refractivity contribution is 5.51. The van der Waals surface area contributed by atoms with Gasteiger partial charge in [-0.2, -0.15) is 5.26 Å². The summed E-state index contributed by atoms with van der Waals surface area (Å²) in [7, 11) is 0. The fraction of sp³-hybridized carbons (Fsp3) is 0.353. The number of nitrogens with zero attached hydrogens (tertiary/aromatic N) is 2. The molecule has 0 N–H and O–H groups in total. The van der Waals surface area contributed by atoms with E-state index in [1.54, 1.807) is 0 Å². The first-order valence-electron chi connectivity index (χ1n) is 6.66. The minimum Gasteiger partial charge on any atom is -0.292 e. The van der Waals surface area contributed by atoms with Gasteiger partial charge in [-0.05, 0) is 49.5 Å². The molecule has 2 rings (SSSR count). The Labute approximate surface area is 115 Å². The van der Waals surface area contributed by atoms with E-state index in [1.165, 1.54) is 12.8 Å². The lowest BCUT2D eigenvalue weighted by Crippen LogP contribution is -2.33. The highest BCUT2D eigenvalue weighted by Crippen LogP contribution is 2.19. The van der Waals surface area contributed by atoms with E-state index in [4.69, 9.17) is 11.7 Å². The Morgan fingerprint density at radius 1 is 1.26 bits per heavy atom. The maximum absolute atomic E-state index is 8.74. The van der Waals surface area contributed by atoms with Gasteiger partial charge in [-0.3, -0.25) is 4.90 Å². The van der Waals surface area contributed by atoms with Gasteiger partial charge in [0.2, 0.25) is 0 Å². The molecule has 0 amide bonds. The molecule has 0 radical (unpaired) electrons. The van der Waals surface area contributed by atoms with Crippen molar-refractivity contribution in [3.8, 4) is 18.4 Å². The SMILES string of the molecule is C#CCN1CCC(/C=C/c2ccc(C#N)cc2)CC1.